The lowest BCUT2D eigenvalue weighted by molar-refractivity contribution is 0.102. The van der Waals surface area contributed by atoms with E-state index in [9.17, 15) is 4.79 Å². The first kappa shape index (κ1) is 14.2. The van der Waals surface area contributed by atoms with Gasteiger partial charge in [0.2, 0.25) is 0 Å². The number of hydrogen-bond donors (Lipinski definition) is 1. The van der Waals surface area contributed by atoms with Gasteiger partial charge in [-0.3, -0.25) is 4.79 Å². The number of aromatic nitrogens is 2. The molecule has 0 aliphatic heterocycles. The van der Waals surface area contributed by atoms with Crippen molar-refractivity contribution in [2.75, 3.05) is 5.32 Å². The summed E-state index contributed by atoms with van der Waals surface area (Å²) in [5.41, 5.74) is 2.95. The standard InChI is InChI=1S/C16H19N3OS/c1-4-12-9(2)21-8-13(12)16(20)19-15-7-14(11-5-6-11)17-10(3)18-15/h7-8,11H,4-6H2,1-3H3,(H,17,18,19,20). The largest absolute Gasteiger partial charge is 0.306 e. The van der Waals surface area contributed by atoms with Crippen LogP contribution in [0.2, 0.25) is 0 Å². The Morgan fingerprint density at radius 3 is 2.81 bits per heavy atom. The molecule has 21 heavy (non-hydrogen) atoms. The van der Waals surface area contributed by atoms with Gasteiger partial charge in [0.15, 0.2) is 0 Å². The molecular weight excluding hydrogens is 282 g/mol. The summed E-state index contributed by atoms with van der Waals surface area (Å²) in [5, 5.41) is 4.86. The molecule has 1 saturated carbocycles. The molecule has 0 unspecified atom stereocenters. The lowest BCUT2D eigenvalue weighted by Gasteiger charge is -2.08. The molecule has 5 heteroatoms. The van der Waals surface area contributed by atoms with Crippen LogP contribution in [0.3, 0.4) is 0 Å². The average Bonchev–Trinajstić information content (AvgIpc) is 3.21. The number of aryl methyl sites for hydroxylation is 2. The molecule has 1 amide bonds. The summed E-state index contributed by atoms with van der Waals surface area (Å²) < 4.78 is 0. The van der Waals surface area contributed by atoms with E-state index in [0.29, 0.717) is 17.6 Å². The predicted octanol–water partition coefficient (Wildman–Crippen LogP) is 3.85. The molecule has 2 aromatic heterocycles. The van der Waals surface area contributed by atoms with Gasteiger partial charge in [-0.1, -0.05) is 6.92 Å². The maximum atomic E-state index is 12.5. The topological polar surface area (TPSA) is 54.9 Å². The Bertz CT molecular complexity index is 689. The summed E-state index contributed by atoms with van der Waals surface area (Å²) in [4.78, 5) is 22.4. The maximum Gasteiger partial charge on any atom is 0.257 e. The zero-order valence-corrected chi connectivity index (χ0v) is 13.4. The van der Waals surface area contributed by atoms with E-state index < -0.39 is 0 Å². The van der Waals surface area contributed by atoms with Crippen LogP contribution < -0.4 is 5.32 Å². The van der Waals surface area contributed by atoms with E-state index in [1.165, 1.54) is 17.7 Å². The van der Waals surface area contributed by atoms with Crippen LogP contribution in [0.4, 0.5) is 5.82 Å². The van der Waals surface area contributed by atoms with Crippen molar-refractivity contribution >= 4 is 23.1 Å². The highest BCUT2D eigenvalue weighted by Crippen LogP contribution is 2.39. The van der Waals surface area contributed by atoms with E-state index in [-0.39, 0.29) is 5.91 Å². The number of thiophene rings is 1. The van der Waals surface area contributed by atoms with Crippen molar-refractivity contribution in [2.24, 2.45) is 0 Å². The number of rotatable bonds is 4. The van der Waals surface area contributed by atoms with E-state index in [4.69, 9.17) is 0 Å². The van der Waals surface area contributed by atoms with Crippen LogP contribution in [-0.2, 0) is 6.42 Å². The summed E-state index contributed by atoms with van der Waals surface area (Å²) in [6.45, 7) is 6.00. The van der Waals surface area contributed by atoms with Crippen LogP contribution in [-0.4, -0.2) is 15.9 Å². The Hall–Kier alpha value is -1.75. The van der Waals surface area contributed by atoms with Crippen LogP contribution in [0.1, 0.15) is 58.0 Å². The molecule has 3 rings (SSSR count). The number of nitrogens with one attached hydrogen (secondary N) is 1. The number of amides is 1. The molecule has 0 atom stereocenters. The fourth-order valence-electron chi connectivity index (χ4n) is 2.54. The van der Waals surface area contributed by atoms with E-state index >= 15 is 0 Å². The normalized spacial score (nSPS) is 14.2. The molecule has 0 spiro atoms. The molecule has 4 nitrogen and oxygen atoms in total. The molecule has 0 aromatic carbocycles. The molecule has 0 bridgehead atoms. The molecule has 0 saturated heterocycles. The van der Waals surface area contributed by atoms with Gasteiger partial charge in [0, 0.05) is 27.9 Å². The van der Waals surface area contributed by atoms with Crippen molar-refractivity contribution in [1.29, 1.82) is 0 Å². The number of nitrogens with zero attached hydrogens (tertiary/aromatic N) is 2. The van der Waals surface area contributed by atoms with Gasteiger partial charge in [-0.05, 0) is 38.7 Å². The summed E-state index contributed by atoms with van der Waals surface area (Å²) in [5.74, 6) is 1.81. The zero-order valence-electron chi connectivity index (χ0n) is 12.6. The van der Waals surface area contributed by atoms with Gasteiger partial charge >= 0.3 is 0 Å². The third-order valence-electron chi connectivity index (χ3n) is 3.80. The van der Waals surface area contributed by atoms with Crippen molar-refractivity contribution in [1.82, 2.24) is 9.97 Å². The Morgan fingerprint density at radius 1 is 1.38 bits per heavy atom. The third-order valence-corrected chi connectivity index (χ3v) is 4.75. The smallest absolute Gasteiger partial charge is 0.257 e. The van der Waals surface area contributed by atoms with Gasteiger partial charge in [-0.25, -0.2) is 9.97 Å². The first-order valence-corrected chi connectivity index (χ1v) is 8.20. The molecular formula is C16H19N3OS. The van der Waals surface area contributed by atoms with Gasteiger partial charge in [-0.15, -0.1) is 11.3 Å². The van der Waals surface area contributed by atoms with Crippen molar-refractivity contribution in [3.63, 3.8) is 0 Å². The molecule has 110 valence electrons. The number of carbonyl (C=O) groups is 1. The first-order chi connectivity index (χ1) is 10.1. The fraction of sp³-hybridized carbons (Fsp3) is 0.438. The van der Waals surface area contributed by atoms with Crippen molar-refractivity contribution in [3.8, 4) is 0 Å². The third kappa shape index (κ3) is 2.97. The molecule has 0 radical (unpaired) electrons. The highest BCUT2D eigenvalue weighted by Gasteiger charge is 2.26. The highest BCUT2D eigenvalue weighted by atomic mass is 32.1. The first-order valence-electron chi connectivity index (χ1n) is 7.32. The summed E-state index contributed by atoms with van der Waals surface area (Å²) in [6.07, 6.45) is 3.25. The lowest BCUT2D eigenvalue weighted by Crippen LogP contribution is -2.15. The van der Waals surface area contributed by atoms with Crippen LogP contribution >= 0.6 is 11.3 Å². The van der Waals surface area contributed by atoms with Gasteiger partial charge < -0.3 is 5.32 Å². The van der Waals surface area contributed by atoms with E-state index in [1.807, 2.05) is 18.4 Å². The Kier molecular flexibility index (Phi) is 3.76. The van der Waals surface area contributed by atoms with Gasteiger partial charge in [0.1, 0.15) is 11.6 Å². The average molecular weight is 301 g/mol. The van der Waals surface area contributed by atoms with Gasteiger partial charge in [0.25, 0.3) is 5.91 Å². The Morgan fingerprint density at radius 2 is 2.14 bits per heavy atom. The lowest BCUT2D eigenvalue weighted by atomic mass is 10.1. The predicted molar refractivity (Wildman–Crippen MR) is 85.1 cm³/mol. The van der Waals surface area contributed by atoms with Gasteiger partial charge in [-0.2, -0.15) is 0 Å². The van der Waals surface area contributed by atoms with Crippen LogP contribution in [0.15, 0.2) is 11.4 Å². The maximum absolute atomic E-state index is 12.5. The molecule has 1 aliphatic rings. The second-order valence-electron chi connectivity index (χ2n) is 5.49. The summed E-state index contributed by atoms with van der Waals surface area (Å²) in [6, 6.07) is 1.91. The monoisotopic (exact) mass is 301 g/mol. The van der Waals surface area contributed by atoms with E-state index in [0.717, 1.165) is 23.2 Å². The van der Waals surface area contributed by atoms with Crippen molar-refractivity contribution in [3.05, 3.63) is 39.0 Å². The van der Waals surface area contributed by atoms with Gasteiger partial charge in [0.05, 0.1) is 5.56 Å². The van der Waals surface area contributed by atoms with Crippen LogP contribution in [0, 0.1) is 13.8 Å². The van der Waals surface area contributed by atoms with E-state index in [1.54, 1.807) is 11.3 Å². The van der Waals surface area contributed by atoms with Crippen molar-refractivity contribution < 1.29 is 4.79 Å². The quantitative estimate of drug-likeness (QED) is 0.933. The molecule has 1 fully saturated rings. The van der Waals surface area contributed by atoms with Crippen LogP contribution in [0.25, 0.3) is 0 Å². The highest BCUT2D eigenvalue weighted by molar-refractivity contribution is 7.10. The Balaban J connectivity index is 1.84. The fourth-order valence-corrected chi connectivity index (χ4v) is 3.48. The van der Waals surface area contributed by atoms with Crippen molar-refractivity contribution in [2.45, 2.75) is 46.0 Å². The van der Waals surface area contributed by atoms with Crippen LogP contribution in [0.5, 0.6) is 0 Å². The number of anilines is 1. The minimum absolute atomic E-state index is 0.0731. The second-order valence-corrected chi connectivity index (χ2v) is 6.58. The molecule has 2 heterocycles. The minimum atomic E-state index is -0.0731. The molecule has 2 aromatic rings. The zero-order chi connectivity index (χ0) is 15.0. The summed E-state index contributed by atoms with van der Waals surface area (Å²) in [7, 11) is 0. The number of hydrogen-bond acceptors (Lipinski definition) is 4. The minimum Gasteiger partial charge on any atom is -0.306 e. The number of carbonyl (C=O) groups excluding carboxylic acids is 1. The Labute approximate surface area is 128 Å². The molecule has 1 aliphatic carbocycles. The molecule has 1 N–H and O–H groups in total. The van der Waals surface area contributed by atoms with E-state index in [2.05, 4.69) is 29.1 Å². The second kappa shape index (κ2) is 5.56. The summed E-state index contributed by atoms with van der Waals surface area (Å²) >= 11 is 1.62. The SMILES string of the molecule is CCc1c(C(=O)Nc2cc(C3CC3)nc(C)n2)csc1C.